The second kappa shape index (κ2) is 7.70. The number of piperidine rings is 1. The molecule has 122 valence electrons. The van der Waals surface area contributed by atoms with Crippen LogP contribution in [0.2, 0.25) is 0 Å². The van der Waals surface area contributed by atoms with Crippen LogP contribution in [-0.2, 0) is 17.3 Å². The van der Waals surface area contributed by atoms with Crippen molar-refractivity contribution >= 4 is 16.5 Å². The van der Waals surface area contributed by atoms with Crippen LogP contribution in [0, 0.1) is 0 Å². The second-order valence-electron chi connectivity index (χ2n) is 6.03. The van der Waals surface area contributed by atoms with Gasteiger partial charge in [0.05, 0.1) is 0 Å². The van der Waals surface area contributed by atoms with E-state index >= 15 is 0 Å². The maximum absolute atomic E-state index is 11.4. The van der Waals surface area contributed by atoms with E-state index in [2.05, 4.69) is 27.3 Å². The second-order valence-corrected chi connectivity index (χ2v) is 7.41. The van der Waals surface area contributed by atoms with Crippen molar-refractivity contribution in [1.29, 1.82) is 0 Å². The molecule has 1 aliphatic rings. The third-order valence-corrected chi connectivity index (χ3v) is 5.24. The lowest BCUT2D eigenvalue weighted by Gasteiger charge is -2.32. The highest BCUT2D eigenvalue weighted by Gasteiger charge is 2.19. The largest absolute Gasteiger partial charge is 0.382 e. The number of anilines is 1. The average molecular weight is 329 g/mol. The van der Waals surface area contributed by atoms with Gasteiger partial charge in [0.2, 0.25) is 0 Å². The number of benzene rings is 1. The number of rotatable bonds is 5. The van der Waals surface area contributed by atoms with Crippen LogP contribution in [-0.4, -0.2) is 39.5 Å². The third-order valence-electron chi connectivity index (χ3n) is 4.30. The first-order valence-corrected chi connectivity index (χ1v) is 9.58. The fourth-order valence-corrected chi connectivity index (χ4v) is 3.48. The fourth-order valence-electron chi connectivity index (χ4n) is 2.96. The predicted octanol–water partition coefficient (Wildman–Crippen LogP) is 2.90. The number of likely N-dealkylation sites (tertiary alicyclic amines) is 1. The van der Waals surface area contributed by atoms with E-state index in [1.165, 1.54) is 5.56 Å². The number of hydrogen-bond acceptors (Lipinski definition) is 4. The number of pyridine rings is 1. The molecule has 0 bridgehead atoms. The van der Waals surface area contributed by atoms with Crippen molar-refractivity contribution < 1.29 is 4.21 Å². The summed E-state index contributed by atoms with van der Waals surface area (Å²) in [7, 11) is -0.907. The lowest BCUT2D eigenvalue weighted by atomic mass is 10.0. The van der Waals surface area contributed by atoms with Crippen LogP contribution in [0.5, 0.6) is 0 Å². The summed E-state index contributed by atoms with van der Waals surface area (Å²) in [6.45, 7) is 3.22. The van der Waals surface area contributed by atoms with Gasteiger partial charge in [-0.05, 0) is 54.8 Å². The van der Waals surface area contributed by atoms with E-state index in [-0.39, 0.29) is 0 Å². The lowest BCUT2D eigenvalue weighted by molar-refractivity contribution is 0.211. The van der Waals surface area contributed by atoms with Crippen LogP contribution >= 0.6 is 0 Å². The molecule has 5 heteroatoms. The zero-order valence-corrected chi connectivity index (χ0v) is 14.3. The molecule has 1 saturated heterocycles. The van der Waals surface area contributed by atoms with Gasteiger partial charge in [-0.2, -0.15) is 0 Å². The number of aromatic nitrogens is 1. The van der Waals surface area contributed by atoms with Crippen molar-refractivity contribution in [3.8, 4) is 0 Å². The Balaban J connectivity index is 1.48. The summed E-state index contributed by atoms with van der Waals surface area (Å²) < 4.78 is 11.4. The van der Waals surface area contributed by atoms with Gasteiger partial charge in [0.25, 0.3) is 0 Å². The van der Waals surface area contributed by atoms with Gasteiger partial charge in [0.15, 0.2) is 0 Å². The van der Waals surface area contributed by atoms with Gasteiger partial charge in [-0.15, -0.1) is 0 Å². The van der Waals surface area contributed by atoms with Gasteiger partial charge >= 0.3 is 0 Å². The molecule has 23 heavy (non-hydrogen) atoms. The number of nitrogens with one attached hydrogen (secondary N) is 1. The molecule has 1 aliphatic heterocycles. The molecular weight excluding hydrogens is 306 g/mol. The molecule has 1 fully saturated rings. The van der Waals surface area contributed by atoms with E-state index in [1.54, 1.807) is 6.26 Å². The van der Waals surface area contributed by atoms with Crippen molar-refractivity contribution in [3.63, 3.8) is 0 Å². The molecule has 0 saturated carbocycles. The molecule has 2 heterocycles. The van der Waals surface area contributed by atoms with Gasteiger partial charge in [0, 0.05) is 65.7 Å². The van der Waals surface area contributed by atoms with Gasteiger partial charge in [0.1, 0.15) is 0 Å². The van der Waals surface area contributed by atoms with Gasteiger partial charge in [-0.25, -0.2) is 0 Å². The molecular formula is C18H23N3OS. The molecule has 0 aliphatic carbocycles. The minimum absolute atomic E-state index is 0.515. The first-order valence-electron chi connectivity index (χ1n) is 8.02. The Labute approximate surface area is 140 Å². The summed E-state index contributed by atoms with van der Waals surface area (Å²) in [6, 6.07) is 12.6. The van der Waals surface area contributed by atoms with Crippen LogP contribution in [0.1, 0.15) is 18.4 Å². The molecule has 2 aromatic rings. The standard InChI is InChI=1S/C18H23N3OS/c1-23(22)18-4-2-16(3-5-18)20-17-8-12-21(13-9-17)14-15-6-10-19-11-7-15/h2-7,10-11,17,20H,8-9,12-14H2,1H3. The predicted molar refractivity (Wildman–Crippen MR) is 94.9 cm³/mol. The monoisotopic (exact) mass is 329 g/mol. The summed E-state index contributed by atoms with van der Waals surface area (Å²) in [5, 5.41) is 3.60. The quantitative estimate of drug-likeness (QED) is 0.916. The van der Waals surface area contributed by atoms with E-state index in [0.717, 1.165) is 43.1 Å². The molecule has 0 amide bonds. The lowest BCUT2D eigenvalue weighted by Crippen LogP contribution is -2.38. The summed E-state index contributed by atoms with van der Waals surface area (Å²) in [5.41, 5.74) is 2.45. The average Bonchev–Trinajstić information content (AvgIpc) is 2.58. The molecule has 3 rings (SSSR count). The zero-order chi connectivity index (χ0) is 16.1. The fraction of sp³-hybridized carbons (Fsp3) is 0.389. The van der Waals surface area contributed by atoms with Crippen molar-refractivity contribution in [2.75, 3.05) is 24.7 Å². The molecule has 0 radical (unpaired) electrons. The van der Waals surface area contributed by atoms with E-state index < -0.39 is 10.8 Å². The first-order chi connectivity index (χ1) is 11.2. The van der Waals surface area contributed by atoms with Crippen molar-refractivity contribution in [1.82, 2.24) is 9.88 Å². The highest BCUT2D eigenvalue weighted by molar-refractivity contribution is 7.84. The van der Waals surface area contributed by atoms with Crippen LogP contribution in [0.3, 0.4) is 0 Å². The zero-order valence-electron chi connectivity index (χ0n) is 13.4. The van der Waals surface area contributed by atoms with E-state index in [0.29, 0.717) is 6.04 Å². The Morgan fingerprint density at radius 3 is 2.39 bits per heavy atom. The maximum atomic E-state index is 11.4. The molecule has 1 aromatic heterocycles. The highest BCUT2D eigenvalue weighted by atomic mass is 32.2. The molecule has 1 aromatic carbocycles. The number of nitrogens with zero attached hydrogens (tertiary/aromatic N) is 2. The van der Waals surface area contributed by atoms with Gasteiger partial charge in [-0.3, -0.25) is 14.1 Å². The Morgan fingerprint density at radius 2 is 1.78 bits per heavy atom. The number of hydrogen-bond donors (Lipinski definition) is 1. The maximum Gasteiger partial charge on any atom is 0.0498 e. The van der Waals surface area contributed by atoms with E-state index in [4.69, 9.17) is 0 Å². The Kier molecular flexibility index (Phi) is 5.41. The summed E-state index contributed by atoms with van der Waals surface area (Å²) >= 11 is 0. The van der Waals surface area contributed by atoms with Crippen molar-refractivity contribution in [2.24, 2.45) is 0 Å². The normalized spacial score (nSPS) is 17.8. The van der Waals surface area contributed by atoms with E-state index in [1.807, 2.05) is 36.7 Å². The molecule has 1 atom stereocenters. The topological polar surface area (TPSA) is 45.2 Å². The van der Waals surface area contributed by atoms with Gasteiger partial charge in [-0.1, -0.05) is 0 Å². The van der Waals surface area contributed by atoms with Crippen molar-refractivity contribution in [2.45, 2.75) is 30.3 Å². The summed E-state index contributed by atoms with van der Waals surface area (Å²) in [5.74, 6) is 0. The third kappa shape index (κ3) is 4.62. The summed E-state index contributed by atoms with van der Waals surface area (Å²) in [4.78, 5) is 7.44. The Bertz CT molecular complexity index is 637. The SMILES string of the molecule is CS(=O)c1ccc(NC2CCN(Cc3ccncc3)CC2)cc1. The Hall–Kier alpha value is -1.72. The molecule has 1 N–H and O–H groups in total. The van der Waals surface area contributed by atoms with Crippen molar-refractivity contribution in [3.05, 3.63) is 54.4 Å². The molecule has 4 nitrogen and oxygen atoms in total. The smallest absolute Gasteiger partial charge is 0.0498 e. The van der Waals surface area contributed by atoms with E-state index in [9.17, 15) is 4.21 Å². The van der Waals surface area contributed by atoms with Crippen LogP contribution in [0.15, 0.2) is 53.7 Å². The van der Waals surface area contributed by atoms with Crippen LogP contribution in [0.25, 0.3) is 0 Å². The minimum Gasteiger partial charge on any atom is -0.382 e. The molecule has 0 spiro atoms. The highest BCUT2D eigenvalue weighted by Crippen LogP contribution is 2.19. The minimum atomic E-state index is -0.907. The van der Waals surface area contributed by atoms with Crippen LogP contribution < -0.4 is 5.32 Å². The Morgan fingerprint density at radius 1 is 1.13 bits per heavy atom. The van der Waals surface area contributed by atoms with Crippen LogP contribution in [0.4, 0.5) is 5.69 Å². The van der Waals surface area contributed by atoms with Gasteiger partial charge < -0.3 is 5.32 Å². The summed E-state index contributed by atoms with van der Waals surface area (Å²) in [6.07, 6.45) is 7.72. The molecule has 1 unspecified atom stereocenters. The first kappa shape index (κ1) is 16.1.